The molecule has 0 unspecified atom stereocenters. The molecule has 0 aromatic carbocycles. The highest BCUT2D eigenvalue weighted by atomic mass is 32.2. The third-order valence-electron chi connectivity index (χ3n) is 4.09. The van der Waals surface area contributed by atoms with Gasteiger partial charge in [-0.05, 0) is 25.7 Å². The van der Waals surface area contributed by atoms with Crippen LogP contribution in [0.2, 0.25) is 0 Å². The van der Waals surface area contributed by atoms with Gasteiger partial charge in [-0.3, -0.25) is 4.68 Å². The van der Waals surface area contributed by atoms with Crippen molar-refractivity contribution in [3.05, 3.63) is 30.0 Å². The highest BCUT2D eigenvalue weighted by Gasteiger charge is 2.16. The van der Waals surface area contributed by atoms with Gasteiger partial charge in [0.05, 0.1) is 24.2 Å². The highest BCUT2D eigenvalue weighted by molar-refractivity contribution is 7.91. The van der Waals surface area contributed by atoms with Crippen LogP contribution in [0.3, 0.4) is 0 Å². The normalized spacial score (nSPS) is 14.5. The van der Waals surface area contributed by atoms with E-state index < -0.39 is 9.84 Å². The number of anilines is 2. The van der Waals surface area contributed by atoms with Crippen molar-refractivity contribution in [3.63, 3.8) is 0 Å². The Hall–Kier alpha value is -1.96. The average molecular weight is 335 g/mol. The fraction of sp³-hybridized carbons (Fsp3) is 0.533. The van der Waals surface area contributed by atoms with Gasteiger partial charge in [0.1, 0.15) is 12.1 Å². The van der Waals surface area contributed by atoms with Crippen LogP contribution in [0.4, 0.5) is 11.5 Å². The number of rotatable bonds is 6. The van der Waals surface area contributed by atoms with E-state index in [0.717, 1.165) is 36.5 Å². The van der Waals surface area contributed by atoms with Crippen molar-refractivity contribution in [3.8, 4) is 0 Å². The first kappa shape index (κ1) is 15.9. The maximum Gasteiger partial charge on any atom is 0.151 e. The van der Waals surface area contributed by atoms with Crippen LogP contribution < -0.4 is 5.32 Å². The Kier molecular flexibility index (Phi) is 4.61. The second-order valence-electron chi connectivity index (χ2n) is 5.71. The molecule has 0 amide bonds. The first-order valence-corrected chi connectivity index (χ1v) is 9.72. The summed E-state index contributed by atoms with van der Waals surface area (Å²) in [6, 6.07) is 0. The first-order chi connectivity index (χ1) is 11.1. The lowest BCUT2D eigenvalue weighted by Gasteiger charge is -2.17. The van der Waals surface area contributed by atoms with Crippen molar-refractivity contribution in [2.75, 3.05) is 16.8 Å². The molecule has 0 atom stereocenters. The Labute approximate surface area is 136 Å². The Morgan fingerprint density at radius 1 is 1.26 bits per heavy atom. The number of nitrogens with one attached hydrogen (secondary N) is 1. The Bertz CT molecular complexity index is 785. The lowest BCUT2D eigenvalue weighted by atomic mass is 9.96. The van der Waals surface area contributed by atoms with Crippen LogP contribution in [0.15, 0.2) is 18.7 Å². The zero-order valence-electron chi connectivity index (χ0n) is 13.2. The standard InChI is InChI=1S/C15H21N5O2S/c1-2-23(21,22)8-7-20-10-12(9-18-20)19-15-13-5-3-4-6-14(13)16-11-17-15/h9-11H,2-8H2,1H3,(H,16,17,19). The second kappa shape index (κ2) is 6.66. The van der Waals surface area contributed by atoms with Crippen LogP contribution in [-0.2, 0) is 29.2 Å². The molecule has 0 radical (unpaired) electrons. The van der Waals surface area contributed by atoms with Crippen molar-refractivity contribution in [1.82, 2.24) is 19.7 Å². The van der Waals surface area contributed by atoms with E-state index in [0.29, 0.717) is 6.54 Å². The Balaban J connectivity index is 1.70. The quantitative estimate of drug-likeness (QED) is 0.865. The summed E-state index contributed by atoms with van der Waals surface area (Å²) in [5.41, 5.74) is 3.11. The molecule has 23 heavy (non-hydrogen) atoms. The zero-order valence-corrected chi connectivity index (χ0v) is 14.0. The third kappa shape index (κ3) is 3.87. The predicted molar refractivity (Wildman–Crippen MR) is 88.5 cm³/mol. The molecule has 2 aromatic heterocycles. The van der Waals surface area contributed by atoms with E-state index in [4.69, 9.17) is 0 Å². The fourth-order valence-corrected chi connectivity index (χ4v) is 3.45. The molecule has 1 N–H and O–H groups in total. The minimum atomic E-state index is -2.98. The van der Waals surface area contributed by atoms with Crippen LogP contribution in [0, 0.1) is 0 Å². The molecule has 3 rings (SSSR count). The maximum atomic E-state index is 11.6. The molecule has 2 aromatic rings. The highest BCUT2D eigenvalue weighted by Crippen LogP contribution is 2.26. The second-order valence-corrected chi connectivity index (χ2v) is 8.18. The van der Waals surface area contributed by atoms with Crippen LogP contribution in [0.5, 0.6) is 0 Å². The SMILES string of the molecule is CCS(=O)(=O)CCn1cc(Nc2ncnc3c2CCCC3)cn1. The number of fused-ring (bicyclic) bond motifs is 1. The van der Waals surface area contributed by atoms with Gasteiger partial charge in [-0.15, -0.1) is 0 Å². The maximum absolute atomic E-state index is 11.6. The van der Waals surface area contributed by atoms with Crippen molar-refractivity contribution < 1.29 is 8.42 Å². The van der Waals surface area contributed by atoms with Gasteiger partial charge in [-0.2, -0.15) is 5.10 Å². The van der Waals surface area contributed by atoms with Crippen molar-refractivity contribution in [1.29, 1.82) is 0 Å². The molecule has 2 heterocycles. The molecule has 0 bridgehead atoms. The number of hydrogen-bond donors (Lipinski definition) is 1. The summed E-state index contributed by atoms with van der Waals surface area (Å²) in [5, 5.41) is 7.49. The molecule has 0 saturated heterocycles. The molecule has 124 valence electrons. The predicted octanol–water partition coefficient (Wildman–Crippen LogP) is 1.73. The summed E-state index contributed by atoms with van der Waals surface area (Å²) in [4.78, 5) is 8.69. The number of sulfone groups is 1. The van der Waals surface area contributed by atoms with Gasteiger partial charge in [0, 0.05) is 23.2 Å². The summed E-state index contributed by atoms with van der Waals surface area (Å²) >= 11 is 0. The average Bonchev–Trinajstić information content (AvgIpc) is 3.01. The fourth-order valence-electron chi connectivity index (χ4n) is 2.69. The van der Waals surface area contributed by atoms with E-state index in [-0.39, 0.29) is 11.5 Å². The molecule has 7 nitrogen and oxygen atoms in total. The van der Waals surface area contributed by atoms with Gasteiger partial charge >= 0.3 is 0 Å². The topological polar surface area (TPSA) is 89.8 Å². The largest absolute Gasteiger partial charge is 0.337 e. The van der Waals surface area contributed by atoms with Gasteiger partial charge in [-0.25, -0.2) is 18.4 Å². The summed E-state index contributed by atoms with van der Waals surface area (Å²) in [6.45, 7) is 2.02. The molecule has 1 aliphatic carbocycles. The van der Waals surface area contributed by atoms with Gasteiger partial charge in [0.15, 0.2) is 9.84 Å². The smallest absolute Gasteiger partial charge is 0.151 e. The van der Waals surface area contributed by atoms with Crippen molar-refractivity contribution in [2.45, 2.75) is 39.2 Å². The van der Waals surface area contributed by atoms with Gasteiger partial charge in [-0.1, -0.05) is 6.92 Å². The van der Waals surface area contributed by atoms with E-state index >= 15 is 0 Å². The molecule has 0 saturated carbocycles. The number of hydrogen-bond acceptors (Lipinski definition) is 6. The lowest BCUT2D eigenvalue weighted by molar-refractivity contribution is 0.582. The van der Waals surface area contributed by atoms with E-state index in [1.807, 2.05) is 6.20 Å². The minimum Gasteiger partial charge on any atom is -0.337 e. The van der Waals surface area contributed by atoms with E-state index in [1.165, 1.54) is 12.0 Å². The molecule has 8 heteroatoms. The van der Waals surface area contributed by atoms with Crippen molar-refractivity contribution >= 4 is 21.3 Å². The number of aromatic nitrogens is 4. The Morgan fingerprint density at radius 2 is 2.09 bits per heavy atom. The third-order valence-corrected chi connectivity index (χ3v) is 5.78. The van der Waals surface area contributed by atoms with E-state index in [1.54, 1.807) is 24.1 Å². The minimum absolute atomic E-state index is 0.105. The number of nitrogens with zero attached hydrogens (tertiary/aromatic N) is 4. The first-order valence-electron chi connectivity index (χ1n) is 7.90. The van der Waals surface area contributed by atoms with Crippen molar-refractivity contribution in [2.24, 2.45) is 0 Å². The van der Waals surface area contributed by atoms with Gasteiger partial charge < -0.3 is 5.32 Å². The Morgan fingerprint density at radius 3 is 2.91 bits per heavy atom. The van der Waals surface area contributed by atoms with Crippen LogP contribution in [-0.4, -0.2) is 39.7 Å². The molecular formula is C15H21N5O2S. The van der Waals surface area contributed by atoms with Crippen LogP contribution in [0.25, 0.3) is 0 Å². The zero-order chi connectivity index (χ0) is 16.3. The lowest BCUT2D eigenvalue weighted by Crippen LogP contribution is -2.14. The molecule has 0 spiro atoms. The summed E-state index contributed by atoms with van der Waals surface area (Å²) in [5.74, 6) is 1.09. The van der Waals surface area contributed by atoms with Crippen LogP contribution >= 0.6 is 0 Å². The summed E-state index contributed by atoms with van der Waals surface area (Å²) < 4.78 is 24.8. The van der Waals surface area contributed by atoms with Crippen LogP contribution in [0.1, 0.15) is 31.0 Å². The summed E-state index contributed by atoms with van der Waals surface area (Å²) in [6.07, 6.45) is 9.40. The molecule has 0 fully saturated rings. The summed E-state index contributed by atoms with van der Waals surface area (Å²) in [7, 11) is -2.98. The van der Waals surface area contributed by atoms with Gasteiger partial charge in [0.25, 0.3) is 0 Å². The van der Waals surface area contributed by atoms with Gasteiger partial charge in [0.2, 0.25) is 0 Å². The molecular weight excluding hydrogens is 314 g/mol. The molecule has 1 aliphatic rings. The van der Waals surface area contributed by atoms with E-state index in [2.05, 4.69) is 20.4 Å². The molecule has 0 aliphatic heterocycles. The number of aryl methyl sites for hydroxylation is 2. The van der Waals surface area contributed by atoms with E-state index in [9.17, 15) is 8.42 Å². The monoisotopic (exact) mass is 335 g/mol.